The van der Waals surface area contributed by atoms with Crippen molar-refractivity contribution >= 4 is 34.3 Å². The molecular formula is C12H9ClN4O2. The summed E-state index contributed by atoms with van der Waals surface area (Å²) in [4.78, 5) is 14.9. The highest BCUT2D eigenvalue weighted by atomic mass is 35.5. The van der Waals surface area contributed by atoms with Crippen molar-refractivity contribution in [1.29, 1.82) is 0 Å². The molecule has 0 saturated heterocycles. The lowest BCUT2D eigenvalue weighted by Gasteiger charge is -2.04. The minimum absolute atomic E-state index is 0.00490. The molecule has 0 aliphatic carbocycles. The number of benzene rings is 1. The van der Waals surface area contributed by atoms with Gasteiger partial charge in [-0.05, 0) is 12.1 Å². The molecule has 19 heavy (non-hydrogen) atoms. The van der Waals surface area contributed by atoms with E-state index < -0.39 is 5.97 Å². The summed E-state index contributed by atoms with van der Waals surface area (Å²) in [6, 6.07) is 7.44. The van der Waals surface area contributed by atoms with Gasteiger partial charge in [0.25, 0.3) is 0 Å². The van der Waals surface area contributed by atoms with Gasteiger partial charge in [0.05, 0.1) is 17.5 Å². The van der Waals surface area contributed by atoms with Gasteiger partial charge in [0, 0.05) is 6.42 Å². The van der Waals surface area contributed by atoms with E-state index in [0.29, 0.717) is 17.9 Å². The summed E-state index contributed by atoms with van der Waals surface area (Å²) in [7, 11) is 0. The number of aliphatic carboxylic acids is 1. The predicted molar refractivity (Wildman–Crippen MR) is 69.3 cm³/mol. The standard InChI is InChI=1S/C12H9ClN4O2/c13-11-12-16-15-9(5-6-10(18)19)17(12)8-4-2-1-3-7(8)14-11/h1-4H,5-6H2,(H,18,19). The van der Waals surface area contributed by atoms with Crippen LogP contribution in [0.25, 0.3) is 16.7 Å². The summed E-state index contributed by atoms with van der Waals surface area (Å²) < 4.78 is 1.76. The van der Waals surface area contributed by atoms with Crippen LogP contribution in [-0.2, 0) is 11.2 Å². The van der Waals surface area contributed by atoms with E-state index in [2.05, 4.69) is 15.2 Å². The first kappa shape index (κ1) is 11.9. The second kappa shape index (κ2) is 4.47. The summed E-state index contributed by atoms with van der Waals surface area (Å²) in [6.07, 6.45) is 0.288. The zero-order chi connectivity index (χ0) is 13.4. The van der Waals surface area contributed by atoms with Crippen molar-refractivity contribution in [3.63, 3.8) is 0 Å². The predicted octanol–water partition coefficient (Wildman–Crippen LogP) is 1.95. The molecule has 0 unspecified atom stereocenters. The van der Waals surface area contributed by atoms with Crippen molar-refractivity contribution in [2.45, 2.75) is 12.8 Å². The number of rotatable bonds is 3. The molecule has 6 nitrogen and oxygen atoms in total. The number of halogens is 1. The molecule has 0 aliphatic rings. The topological polar surface area (TPSA) is 80.4 Å². The number of aryl methyl sites for hydroxylation is 1. The summed E-state index contributed by atoms with van der Waals surface area (Å²) in [5, 5.41) is 17.0. The Morgan fingerprint density at radius 3 is 2.89 bits per heavy atom. The molecule has 0 bridgehead atoms. The van der Waals surface area contributed by atoms with E-state index >= 15 is 0 Å². The van der Waals surface area contributed by atoms with Crippen molar-refractivity contribution in [3.05, 3.63) is 35.2 Å². The highest BCUT2D eigenvalue weighted by Gasteiger charge is 2.14. The van der Waals surface area contributed by atoms with Gasteiger partial charge in [-0.3, -0.25) is 9.20 Å². The van der Waals surface area contributed by atoms with Gasteiger partial charge in [-0.15, -0.1) is 10.2 Å². The molecule has 1 aromatic carbocycles. The van der Waals surface area contributed by atoms with Gasteiger partial charge in [0.1, 0.15) is 5.82 Å². The van der Waals surface area contributed by atoms with Crippen LogP contribution in [0.5, 0.6) is 0 Å². The SMILES string of the molecule is O=C(O)CCc1nnc2c(Cl)nc3ccccc3n12. The minimum atomic E-state index is -0.874. The average Bonchev–Trinajstić information content (AvgIpc) is 2.81. The van der Waals surface area contributed by atoms with Gasteiger partial charge >= 0.3 is 5.97 Å². The molecule has 7 heteroatoms. The second-order valence-corrected chi connectivity index (χ2v) is 4.42. The lowest BCUT2D eigenvalue weighted by molar-refractivity contribution is -0.137. The van der Waals surface area contributed by atoms with Gasteiger partial charge < -0.3 is 5.11 Å². The van der Waals surface area contributed by atoms with E-state index in [1.54, 1.807) is 4.40 Å². The summed E-state index contributed by atoms with van der Waals surface area (Å²) in [5.41, 5.74) is 1.98. The zero-order valence-corrected chi connectivity index (χ0v) is 10.5. The minimum Gasteiger partial charge on any atom is -0.481 e. The first-order chi connectivity index (χ1) is 9.16. The quantitative estimate of drug-likeness (QED) is 0.791. The van der Waals surface area contributed by atoms with Crippen LogP contribution in [0.15, 0.2) is 24.3 Å². The smallest absolute Gasteiger partial charge is 0.303 e. The van der Waals surface area contributed by atoms with Gasteiger partial charge in [-0.25, -0.2) is 4.98 Å². The van der Waals surface area contributed by atoms with Crippen LogP contribution in [0.3, 0.4) is 0 Å². The number of nitrogens with zero attached hydrogens (tertiary/aromatic N) is 4. The van der Waals surface area contributed by atoms with Crippen LogP contribution in [-0.4, -0.2) is 30.7 Å². The molecule has 96 valence electrons. The first-order valence-electron chi connectivity index (χ1n) is 5.67. The number of carboxylic acid groups (broad SMARTS) is 1. The molecule has 0 radical (unpaired) electrons. The normalized spacial score (nSPS) is 11.2. The molecule has 3 aromatic rings. The fourth-order valence-corrected chi connectivity index (χ4v) is 2.20. The van der Waals surface area contributed by atoms with Crippen molar-refractivity contribution in [2.24, 2.45) is 0 Å². The lowest BCUT2D eigenvalue weighted by Crippen LogP contribution is -2.03. The molecule has 0 aliphatic heterocycles. The number of hydrogen-bond donors (Lipinski definition) is 1. The van der Waals surface area contributed by atoms with Crippen molar-refractivity contribution in [1.82, 2.24) is 19.6 Å². The van der Waals surface area contributed by atoms with Crippen LogP contribution in [0.4, 0.5) is 0 Å². The van der Waals surface area contributed by atoms with Gasteiger partial charge in [-0.1, -0.05) is 23.7 Å². The van der Waals surface area contributed by atoms with E-state index in [0.717, 1.165) is 11.0 Å². The van der Waals surface area contributed by atoms with Crippen molar-refractivity contribution in [3.8, 4) is 0 Å². The van der Waals surface area contributed by atoms with Crippen LogP contribution in [0.1, 0.15) is 12.2 Å². The Balaban J connectivity index is 2.26. The molecule has 3 rings (SSSR count). The Kier molecular flexibility index (Phi) is 2.79. The summed E-state index contributed by atoms with van der Waals surface area (Å²) in [6.45, 7) is 0. The fraction of sp³-hybridized carbons (Fsp3) is 0.167. The monoisotopic (exact) mass is 276 g/mol. The maximum Gasteiger partial charge on any atom is 0.303 e. The van der Waals surface area contributed by atoms with Crippen molar-refractivity contribution in [2.75, 3.05) is 0 Å². The van der Waals surface area contributed by atoms with Crippen LogP contribution >= 0.6 is 11.6 Å². The molecule has 2 heterocycles. The number of carboxylic acids is 1. The van der Waals surface area contributed by atoms with E-state index in [9.17, 15) is 4.79 Å². The highest BCUT2D eigenvalue weighted by Crippen LogP contribution is 2.21. The van der Waals surface area contributed by atoms with Crippen LogP contribution < -0.4 is 0 Å². The molecule has 0 amide bonds. The molecule has 1 N–H and O–H groups in total. The summed E-state index contributed by atoms with van der Waals surface area (Å²) in [5.74, 6) is -0.306. The molecule has 0 saturated carbocycles. The molecule has 0 spiro atoms. The van der Waals surface area contributed by atoms with E-state index in [4.69, 9.17) is 16.7 Å². The number of aromatic nitrogens is 4. The Morgan fingerprint density at radius 1 is 1.32 bits per heavy atom. The number of fused-ring (bicyclic) bond motifs is 3. The lowest BCUT2D eigenvalue weighted by atomic mass is 10.2. The van der Waals surface area contributed by atoms with Crippen LogP contribution in [0, 0.1) is 0 Å². The number of hydrogen-bond acceptors (Lipinski definition) is 4. The fourth-order valence-electron chi connectivity index (χ4n) is 1.99. The Labute approximate surface area is 112 Å². The Morgan fingerprint density at radius 2 is 2.11 bits per heavy atom. The Bertz CT molecular complexity index is 784. The third kappa shape index (κ3) is 2.00. The number of para-hydroxylation sites is 2. The second-order valence-electron chi connectivity index (χ2n) is 4.06. The molecule has 0 fully saturated rings. The van der Waals surface area contributed by atoms with Crippen molar-refractivity contribution < 1.29 is 9.90 Å². The van der Waals surface area contributed by atoms with Crippen LogP contribution in [0.2, 0.25) is 5.15 Å². The largest absolute Gasteiger partial charge is 0.481 e. The van der Waals surface area contributed by atoms with Gasteiger partial charge in [0.15, 0.2) is 10.8 Å². The van der Waals surface area contributed by atoms with E-state index in [1.165, 1.54) is 0 Å². The van der Waals surface area contributed by atoms with Gasteiger partial charge in [-0.2, -0.15) is 0 Å². The number of carbonyl (C=O) groups is 1. The molecular weight excluding hydrogens is 268 g/mol. The maximum absolute atomic E-state index is 10.7. The van der Waals surface area contributed by atoms with Gasteiger partial charge in [0.2, 0.25) is 0 Å². The maximum atomic E-state index is 10.7. The zero-order valence-electron chi connectivity index (χ0n) is 9.75. The highest BCUT2D eigenvalue weighted by molar-refractivity contribution is 6.32. The molecule has 0 atom stereocenters. The molecule has 2 aromatic heterocycles. The third-order valence-corrected chi connectivity index (χ3v) is 3.07. The van der Waals surface area contributed by atoms with E-state index in [-0.39, 0.29) is 11.6 Å². The van der Waals surface area contributed by atoms with E-state index in [1.807, 2.05) is 24.3 Å². The first-order valence-corrected chi connectivity index (χ1v) is 6.04. The average molecular weight is 277 g/mol. The Hall–Kier alpha value is -2.21. The summed E-state index contributed by atoms with van der Waals surface area (Å²) >= 11 is 6.06. The third-order valence-electron chi connectivity index (χ3n) is 2.82.